The highest BCUT2D eigenvalue weighted by Crippen LogP contribution is 2.47. The van der Waals surface area contributed by atoms with E-state index in [9.17, 15) is 0 Å². The molecular weight excluding hydrogens is 655 g/mol. The first kappa shape index (κ1) is 31.6. The SMILES string of the molecule is c1ccc(-c2ccccc2-c2ccccc2-c2ccccc2N(c2ccc(-c3ccc4oc5ccccc5c4c3)cc2)c2cccc3ccccc23)cc1. The van der Waals surface area contributed by atoms with Crippen LogP contribution in [0.15, 0.2) is 217 Å². The van der Waals surface area contributed by atoms with Gasteiger partial charge >= 0.3 is 0 Å². The monoisotopic (exact) mass is 689 g/mol. The Hall–Kier alpha value is -7.16. The van der Waals surface area contributed by atoms with Crippen LogP contribution in [0.4, 0.5) is 17.1 Å². The summed E-state index contributed by atoms with van der Waals surface area (Å²) in [5.41, 5.74) is 14.6. The molecule has 0 fully saturated rings. The first-order chi connectivity index (χ1) is 26.8. The van der Waals surface area contributed by atoms with Crippen LogP contribution in [0.5, 0.6) is 0 Å². The van der Waals surface area contributed by atoms with E-state index < -0.39 is 0 Å². The molecule has 0 atom stereocenters. The highest BCUT2D eigenvalue weighted by atomic mass is 16.3. The first-order valence-corrected chi connectivity index (χ1v) is 18.4. The Morgan fingerprint density at radius 2 is 0.833 bits per heavy atom. The van der Waals surface area contributed by atoms with Crippen molar-refractivity contribution >= 4 is 49.8 Å². The number of nitrogens with zero attached hydrogens (tertiary/aromatic N) is 1. The molecule has 10 aromatic rings. The number of furan rings is 1. The minimum atomic E-state index is 0.905. The molecular formula is C52H35NO. The molecule has 0 unspecified atom stereocenters. The van der Waals surface area contributed by atoms with Gasteiger partial charge in [-0.3, -0.25) is 0 Å². The second-order valence-corrected chi connectivity index (χ2v) is 13.7. The van der Waals surface area contributed by atoms with Crippen molar-refractivity contribution in [3.8, 4) is 44.5 Å². The molecule has 0 spiro atoms. The highest BCUT2D eigenvalue weighted by Gasteiger charge is 2.21. The van der Waals surface area contributed by atoms with Crippen LogP contribution in [-0.4, -0.2) is 0 Å². The molecule has 0 N–H and O–H groups in total. The molecule has 254 valence electrons. The maximum atomic E-state index is 6.13. The number of hydrogen-bond donors (Lipinski definition) is 0. The minimum Gasteiger partial charge on any atom is -0.456 e. The predicted molar refractivity (Wildman–Crippen MR) is 228 cm³/mol. The summed E-state index contributed by atoms with van der Waals surface area (Å²) in [7, 11) is 0. The Labute approximate surface area is 314 Å². The average molecular weight is 690 g/mol. The van der Waals surface area contributed by atoms with Crippen molar-refractivity contribution in [2.45, 2.75) is 0 Å². The summed E-state index contributed by atoms with van der Waals surface area (Å²) in [4.78, 5) is 2.42. The molecule has 2 heteroatoms. The van der Waals surface area contributed by atoms with Crippen LogP contribution < -0.4 is 4.90 Å². The summed E-state index contributed by atoms with van der Waals surface area (Å²) in [5.74, 6) is 0. The quantitative estimate of drug-likeness (QED) is 0.166. The number of anilines is 3. The molecule has 0 radical (unpaired) electrons. The van der Waals surface area contributed by atoms with E-state index >= 15 is 0 Å². The number of fused-ring (bicyclic) bond motifs is 4. The Morgan fingerprint density at radius 1 is 0.296 bits per heavy atom. The van der Waals surface area contributed by atoms with Crippen LogP contribution in [0, 0.1) is 0 Å². The van der Waals surface area contributed by atoms with Crippen molar-refractivity contribution in [1.82, 2.24) is 0 Å². The molecule has 0 aliphatic heterocycles. The van der Waals surface area contributed by atoms with Gasteiger partial charge in [-0.1, -0.05) is 170 Å². The maximum Gasteiger partial charge on any atom is 0.135 e. The summed E-state index contributed by atoms with van der Waals surface area (Å²) in [6, 6.07) is 76.0. The van der Waals surface area contributed by atoms with Gasteiger partial charge in [0, 0.05) is 27.4 Å². The van der Waals surface area contributed by atoms with Crippen LogP contribution in [0.1, 0.15) is 0 Å². The summed E-state index contributed by atoms with van der Waals surface area (Å²) < 4.78 is 6.13. The summed E-state index contributed by atoms with van der Waals surface area (Å²) in [6.45, 7) is 0. The standard InChI is InChI=1S/C52H35NO/c1-2-15-37(16-3-1)41-19-6-7-21-43(41)44-22-8-9-23-45(44)46-24-10-12-26-50(46)53(49-27-14-18-38-17-4-5-20-42(38)49)40-32-29-36(30-33-40)39-31-34-52-48(35-39)47-25-11-13-28-51(47)54-52/h1-35H. The van der Waals surface area contributed by atoms with Gasteiger partial charge in [0.05, 0.1) is 11.4 Å². The zero-order valence-electron chi connectivity index (χ0n) is 29.6. The number of benzene rings is 9. The molecule has 9 aromatic carbocycles. The fraction of sp³-hybridized carbons (Fsp3) is 0. The average Bonchev–Trinajstić information content (AvgIpc) is 3.63. The summed E-state index contributed by atoms with van der Waals surface area (Å²) >= 11 is 0. The molecule has 54 heavy (non-hydrogen) atoms. The minimum absolute atomic E-state index is 0.905. The van der Waals surface area contributed by atoms with E-state index in [-0.39, 0.29) is 0 Å². The van der Waals surface area contributed by atoms with Crippen LogP contribution >= 0.6 is 0 Å². The van der Waals surface area contributed by atoms with E-state index in [4.69, 9.17) is 4.42 Å². The van der Waals surface area contributed by atoms with E-state index in [2.05, 4.69) is 205 Å². The Morgan fingerprint density at radius 3 is 1.63 bits per heavy atom. The normalized spacial score (nSPS) is 11.3. The van der Waals surface area contributed by atoms with E-state index in [1.807, 2.05) is 12.1 Å². The van der Waals surface area contributed by atoms with Gasteiger partial charge < -0.3 is 9.32 Å². The lowest BCUT2D eigenvalue weighted by atomic mass is 9.88. The third-order valence-corrected chi connectivity index (χ3v) is 10.5. The fourth-order valence-electron chi connectivity index (χ4n) is 7.96. The van der Waals surface area contributed by atoms with Gasteiger partial charge in [0.15, 0.2) is 0 Å². The molecule has 0 aliphatic carbocycles. The third kappa shape index (κ3) is 5.53. The second-order valence-electron chi connectivity index (χ2n) is 13.7. The van der Waals surface area contributed by atoms with Gasteiger partial charge in [-0.2, -0.15) is 0 Å². The van der Waals surface area contributed by atoms with Gasteiger partial charge in [-0.25, -0.2) is 0 Å². The molecule has 0 saturated heterocycles. The molecule has 1 heterocycles. The van der Waals surface area contributed by atoms with Crippen molar-refractivity contribution in [2.24, 2.45) is 0 Å². The van der Waals surface area contributed by atoms with Gasteiger partial charge in [0.25, 0.3) is 0 Å². The summed E-state index contributed by atoms with van der Waals surface area (Å²) in [6.07, 6.45) is 0. The Balaban J connectivity index is 1.14. The van der Waals surface area contributed by atoms with Crippen molar-refractivity contribution < 1.29 is 4.42 Å². The van der Waals surface area contributed by atoms with E-state index in [1.54, 1.807) is 0 Å². The first-order valence-electron chi connectivity index (χ1n) is 18.4. The largest absolute Gasteiger partial charge is 0.456 e. The number of para-hydroxylation sites is 2. The van der Waals surface area contributed by atoms with Crippen LogP contribution in [0.3, 0.4) is 0 Å². The predicted octanol–water partition coefficient (Wildman–Crippen LogP) is 14.9. The lowest BCUT2D eigenvalue weighted by Gasteiger charge is -2.29. The van der Waals surface area contributed by atoms with Crippen molar-refractivity contribution in [1.29, 1.82) is 0 Å². The maximum absolute atomic E-state index is 6.13. The van der Waals surface area contributed by atoms with Crippen LogP contribution in [0.2, 0.25) is 0 Å². The topological polar surface area (TPSA) is 16.4 Å². The zero-order valence-corrected chi connectivity index (χ0v) is 29.6. The Kier molecular flexibility index (Phi) is 7.85. The molecule has 0 amide bonds. The second kappa shape index (κ2) is 13.4. The van der Waals surface area contributed by atoms with Gasteiger partial charge in [-0.15, -0.1) is 0 Å². The third-order valence-electron chi connectivity index (χ3n) is 10.5. The molecule has 1 aromatic heterocycles. The van der Waals surface area contributed by atoms with Crippen molar-refractivity contribution in [2.75, 3.05) is 4.90 Å². The lowest BCUT2D eigenvalue weighted by molar-refractivity contribution is 0.669. The van der Waals surface area contributed by atoms with Gasteiger partial charge in [0.1, 0.15) is 11.2 Å². The zero-order chi connectivity index (χ0) is 35.8. The molecule has 0 bridgehead atoms. The lowest BCUT2D eigenvalue weighted by Crippen LogP contribution is -2.12. The van der Waals surface area contributed by atoms with E-state index in [0.29, 0.717) is 0 Å². The molecule has 0 saturated carbocycles. The van der Waals surface area contributed by atoms with Gasteiger partial charge in [-0.05, 0) is 86.8 Å². The van der Waals surface area contributed by atoms with Crippen LogP contribution in [0.25, 0.3) is 77.2 Å². The fourth-order valence-corrected chi connectivity index (χ4v) is 7.96. The van der Waals surface area contributed by atoms with Crippen molar-refractivity contribution in [3.05, 3.63) is 212 Å². The number of rotatable bonds is 7. The van der Waals surface area contributed by atoms with E-state index in [0.717, 1.165) is 55.7 Å². The smallest absolute Gasteiger partial charge is 0.135 e. The highest BCUT2D eigenvalue weighted by molar-refractivity contribution is 6.07. The van der Waals surface area contributed by atoms with Gasteiger partial charge in [0.2, 0.25) is 0 Å². The molecule has 2 nitrogen and oxygen atoms in total. The number of hydrogen-bond acceptors (Lipinski definition) is 2. The van der Waals surface area contributed by atoms with Crippen LogP contribution in [-0.2, 0) is 0 Å². The summed E-state index contributed by atoms with van der Waals surface area (Å²) in [5, 5.41) is 4.66. The Bertz CT molecular complexity index is 2930. The molecule has 10 rings (SSSR count). The molecule has 0 aliphatic rings. The van der Waals surface area contributed by atoms with E-state index in [1.165, 1.54) is 38.6 Å². The van der Waals surface area contributed by atoms with Crippen molar-refractivity contribution in [3.63, 3.8) is 0 Å².